The Kier molecular flexibility index (Phi) is 29.3. The van der Waals surface area contributed by atoms with Crippen molar-refractivity contribution < 1.29 is 28.8 Å². The van der Waals surface area contributed by atoms with E-state index in [1.807, 2.05) is 0 Å². The van der Waals surface area contributed by atoms with E-state index in [0.717, 1.165) is 37.8 Å². The Balaban J connectivity index is -0.000000510. The highest BCUT2D eigenvalue weighted by atomic mass is 16.2. The monoisotopic (exact) mass is 546 g/mol. The fraction of sp³-hybridized carbons (Fsp3) is 0.333. The zero-order chi connectivity index (χ0) is 30.3. The van der Waals surface area contributed by atoms with Gasteiger partial charge < -0.3 is 31.9 Å². The molecule has 0 fully saturated rings. The van der Waals surface area contributed by atoms with Gasteiger partial charge in [0.15, 0.2) is 0 Å². The van der Waals surface area contributed by atoms with Crippen molar-refractivity contribution in [1.29, 1.82) is 0 Å². The van der Waals surface area contributed by atoms with Crippen LogP contribution in [0.5, 0.6) is 0 Å². The fourth-order valence-corrected chi connectivity index (χ4v) is 2.05. The Labute approximate surface area is 230 Å². The number of hydrogen-bond donors (Lipinski definition) is 6. The Hall–Kier alpha value is -4.74. The highest BCUT2D eigenvalue weighted by Crippen LogP contribution is 1.97. The molecule has 0 saturated carbocycles. The molecule has 0 aliphatic rings. The van der Waals surface area contributed by atoms with Crippen LogP contribution in [-0.4, -0.2) is 68.3 Å². The molecule has 0 bridgehead atoms. The molecule has 0 aromatic rings. The van der Waals surface area contributed by atoms with E-state index in [1.165, 1.54) is 24.3 Å². The van der Waals surface area contributed by atoms with Crippen LogP contribution in [0.25, 0.3) is 0 Å². The van der Waals surface area contributed by atoms with Gasteiger partial charge in [0.1, 0.15) is 0 Å². The van der Waals surface area contributed by atoms with Gasteiger partial charge in [0.05, 0.1) is 6.67 Å². The van der Waals surface area contributed by atoms with Gasteiger partial charge in [0, 0.05) is 26.2 Å². The normalized spacial score (nSPS) is 8.62. The largest absolute Gasteiger partial charge is 0.353 e. The van der Waals surface area contributed by atoms with E-state index in [0.29, 0.717) is 26.2 Å². The topological polar surface area (TPSA) is 175 Å². The second kappa shape index (κ2) is 29.5. The predicted octanol–water partition coefficient (Wildman–Crippen LogP) is 0.290. The molecule has 12 nitrogen and oxygen atoms in total. The van der Waals surface area contributed by atoms with Crippen LogP contribution in [0.15, 0.2) is 75.9 Å². The van der Waals surface area contributed by atoms with Gasteiger partial charge in [-0.25, -0.2) is 0 Å². The summed E-state index contributed by atoms with van der Waals surface area (Å²) >= 11 is 0. The number of amides is 6. The van der Waals surface area contributed by atoms with E-state index in [9.17, 15) is 28.8 Å². The Morgan fingerprint density at radius 1 is 0.359 bits per heavy atom. The smallest absolute Gasteiger partial charge is 0.244 e. The van der Waals surface area contributed by atoms with Crippen LogP contribution >= 0.6 is 0 Å². The third-order valence-corrected chi connectivity index (χ3v) is 4.06. The summed E-state index contributed by atoms with van der Waals surface area (Å²) in [7, 11) is 0. The van der Waals surface area contributed by atoms with E-state index in [-0.39, 0.29) is 42.1 Å². The zero-order valence-corrected chi connectivity index (χ0v) is 22.5. The molecule has 0 saturated heterocycles. The van der Waals surface area contributed by atoms with Crippen LogP contribution in [0.2, 0.25) is 0 Å². The first-order valence-corrected chi connectivity index (χ1v) is 12.0. The molecule has 12 heteroatoms. The van der Waals surface area contributed by atoms with Gasteiger partial charge in [-0.15, -0.1) is 0 Å². The van der Waals surface area contributed by atoms with Gasteiger partial charge >= 0.3 is 0 Å². The van der Waals surface area contributed by atoms with E-state index in [2.05, 4.69) is 71.4 Å². The van der Waals surface area contributed by atoms with Crippen LogP contribution in [0.1, 0.15) is 25.7 Å². The molecule has 0 atom stereocenters. The van der Waals surface area contributed by atoms with Crippen molar-refractivity contribution in [2.24, 2.45) is 0 Å². The Bertz CT molecular complexity index is 786. The first-order chi connectivity index (χ1) is 18.6. The zero-order valence-electron chi connectivity index (χ0n) is 22.5. The van der Waals surface area contributed by atoms with Gasteiger partial charge in [-0.1, -0.05) is 52.3 Å². The standard InChI is InChI=1S/C12H20N2O2.C8H12N2O2.C7H10N2O2/c1-3-11(15)13-9-7-5-6-8-10-14-12(16)4-2;1-3-7(11)9-5-6-10-8(12)4-2;1-3-6(10)8-5-9-7(11)4-2/h3-4H,1-2,5-10H2,(H,13,15)(H,14,16);3-4H,1-2,5-6H2,(H,9,11)(H,10,12);3-4H,1-2,5H2,(H,8,10)(H,9,11). The van der Waals surface area contributed by atoms with Crippen LogP contribution in [0, 0.1) is 0 Å². The lowest BCUT2D eigenvalue weighted by atomic mass is 10.2. The minimum atomic E-state index is -0.325. The second-order valence-corrected chi connectivity index (χ2v) is 7.06. The molecular formula is C27H42N6O6. The SMILES string of the molecule is C=CC(=O)NCCCCCCNC(=O)C=C.C=CC(=O)NCCNC(=O)C=C.C=CC(=O)NCNC(=O)C=C. The van der Waals surface area contributed by atoms with Crippen molar-refractivity contribution in [2.75, 3.05) is 32.8 Å². The summed E-state index contributed by atoms with van der Waals surface area (Å²) in [5, 5.41) is 15.2. The quantitative estimate of drug-likeness (QED) is 0.0818. The van der Waals surface area contributed by atoms with Crippen molar-refractivity contribution >= 4 is 35.4 Å². The highest BCUT2D eigenvalue weighted by Gasteiger charge is 1.96. The van der Waals surface area contributed by atoms with E-state index in [1.54, 1.807) is 0 Å². The third-order valence-electron chi connectivity index (χ3n) is 4.06. The van der Waals surface area contributed by atoms with E-state index >= 15 is 0 Å². The number of hydrogen-bond acceptors (Lipinski definition) is 6. The number of carbonyl (C=O) groups is 6. The molecule has 0 aromatic heterocycles. The number of unbranched alkanes of at least 4 members (excludes halogenated alkanes) is 3. The summed E-state index contributed by atoms with van der Waals surface area (Å²) < 4.78 is 0. The molecule has 0 heterocycles. The minimum Gasteiger partial charge on any atom is -0.353 e. The van der Waals surface area contributed by atoms with Gasteiger partial charge in [-0.2, -0.15) is 0 Å². The lowest BCUT2D eigenvalue weighted by molar-refractivity contribution is -0.119. The molecule has 39 heavy (non-hydrogen) atoms. The Morgan fingerprint density at radius 3 is 0.846 bits per heavy atom. The summed E-state index contributed by atoms with van der Waals surface area (Å²) in [4.78, 5) is 63.6. The second-order valence-electron chi connectivity index (χ2n) is 7.06. The first-order valence-electron chi connectivity index (χ1n) is 12.0. The van der Waals surface area contributed by atoms with Gasteiger partial charge in [0.25, 0.3) is 0 Å². The first kappa shape index (κ1) is 38.8. The molecule has 0 aliphatic carbocycles. The van der Waals surface area contributed by atoms with Gasteiger partial charge in [0.2, 0.25) is 35.4 Å². The molecular weight excluding hydrogens is 504 g/mol. The molecule has 0 unspecified atom stereocenters. The summed E-state index contributed by atoms with van der Waals surface area (Å²) in [6.07, 6.45) is 11.1. The van der Waals surface area contributed by atoms with E-state index < -0.39 is 0 Å². The Morgan fingerprint density at radius 2 is 0.590 bits per heavy atom. The van der Waals surface area contributed by atoms with E-state index in [4.69, 9.17) is 0 Å². The van der Waals surface area contributed by atoms with Crippen molar-refractivity contribution in [3.05, 3.63) is 75.9 Å². The highest BCUT2D eigenvalue weighted by molar-refractivity contribution is 5.89. The van der Waals surface area contributed by atoms with Crippen LogP contribution < -0.4 is 31.9 Å². The average molecular weight is 547 g/mol. The van der Waals surface area contributed by atoms with Crippen LogP contribution in [0.4, 0.5) is 0 Å². The van der Waals surface area contributed by atoms with Crippen molar-refractivity contribution in [1.82, 2.24) is 31.9 Å². The summed E-state index contributed by atoms with van der Waals surface area (Å²) in [5.74, 6) is -1.40. The maximum atomic E-state index is 10.8. The number of nitrogens with one attached hydrogen (secondary N) is 6. The van der Waals surface area contributed by atoms with Gasteiger partial charge in [-0.05, 0) is 49.3 Å². The number of carbonyl (C=O) groups excluding carboxylic acids is 6. The molecule has 216 valence electrons. The maximum Gasteiger partial charge on any atom is 0.244 e. The lowest BCUT2D eigenvalue weighted by Gasteiger charge is -2.03. The summed E-state index contributed by atoms with van der Waals surface area (Å²) in [5.41, 5.74) is 0. The van der Waals surface area contributed by atoms with Crippen molar-refractivity contribution in [3.63, 3.8) is 0 Å². The third kappa shape index (κ3) is 33.3. The summed E-state index contributed by atoms with van der Waals surface area (Å²) in [6.45, 7) is 22.0. The molecule has 0 radical (unpaired) electrons. The number of rotatable bonds is 18. The van der Waals surface area contributed by atoms with Crippen LogP contribution in [-0.2, 0) is 28.8 Å². The van der Waals surface area contributed by atoms with Gasteiger partial charge in [-0.3, -0.25) is 28.8 Å². The summed E-state index contributed by atoms with van der Waals surface area (Å²) in [6, 6.07) is 0. The molecule has 0 rings (SSSR count). The molecule has 6 amide bonds. The fourth-order valence-electron chi connectivity index (χ4n) is 2.05. The lowest BCUT2D eigenvalue weighted by Crippen LogP contribution is -2.35. The van der Waals surface area contributed by atoms with Crippen LogP contribution in [0.3, 0.4) is 0 Å². The molecule has 0 aliphatic heterocycles. The minimum absolute atomic E-state index is 0.0930. The maximum absolute atomic E-state index is 10.8. The molecule has 0 aromatic carbocycles. The van der Waals surface area contributed by atoms with Crippen molar-refractivity contribution in [2.45, 2.75) is 25.7 Å². The van der Waals surface area contributed by atoms with Crippen molar-refractivity contribution in [3.8, 4) is 0 Å². The molecule has 6 N–H and O–H groups in total. The molecule has 0 spiro atoms. The predicted molar refractivity (Wildman–Crippen MR) is 153 cm³/mol. The average Bonchev–Trinajstić information content (AvgIpc) is 2.96.